The first-order valence-corrected chi connectivity index (χ1v) is 9.79. The predicted molar refractivity (Wildman–Crippen MR) is 89.9 cm³/mol. The fraction of sp³-hybridized carbons (Fsp3) is 0.438. The van der Waals surface area contributed by atoms with E-state index in [1.165, 1.54) is 17.0 Å². The summed E-state index contributed by atoms with van der Waals surface area (Å²) < 4.78 is 61.6. The van der Waals surface area contributed by atoms with Crippen molar-refractivity contribution >= 4 is 33.4 Å². The van der Waals surface area contributed by atoms with Gasteiger partial charge in [0.2, 0.25) is 5.91 Å². The first-order chi connectivity index (χ1) is 11.5. The van der Waals surface area contributed by atoms with E-state index in [0.717, 1.165) is 18.2 Å². The van der Waals surface area contributed by atoms with Crippen LogP contribution in [0.15, 0.2) is 24.3 Å². The number of hydrogen-bond acceptors (Lipinski definition) is 3. The largest absolute Gasteiger partial charge is 0.417 e. The van der Waals surface area contributed by atoms with E-state index in [2.05, 4.69) is 0 Å². The molecule has 0 aliphatic carbocycles. The number of rotatable bonds is 4. The summed E-state index contributed by atoms with van der Waals surface area (Å²) in [6, 6.07) is 2.96. The zero-order valence-corrected chi connectivity index (χ0v) is 15.0. The highest BCUT2D eigenvalue weighted by Gasteiger charge is 2.34. The molecule has 1 amide bonds. The minimum absolute atomic E-state index is 0.0390. The molecule has 0 N–H and O–H groups in total. The normalized spacial score (nSPS) is 20.1. The Morgan fingerprint density at radius 3 is 2.60 bits per heavy atom. The summed E-state index contributed by atoms with van der Waals surface area (Å²) in [4.78, 5) is 13.7. The first kappa shape index (κ1) is 19.8. The summed E-state index contributed by atoms with van der Waals surface area (Å²) in [5.41, 5.74) is -0.793. The zero-order chi connectivity index (χ0) is 18.8. The molecule has 2 rings (SSSR count). The number of sulfone groups is 1. The Hall–Kier alpha value is -1.54. The van der Waals surface area contributed by atoms with Gasteiger partial charge in [-0.2, -0.15) is 13.2 Å². The van der Waals surface area contributed by atoms with Crippen LogP contribution in [0.25, 0.3) is 6.08 Å². The standard InChI is InChI=1S/C16H17ClF3NO3S/c1-2-21(12-7-8-25(23,24)10-12)15(22)6-4-11-3-5-14(17)13(9-11)16(18,19)20/h3-6,9,12H,2,7-8,10H2,1H3/b6-4+. The molecule has 1 aromatic carbocycles. The maximum Gasteiger partial charge on any atom is 0.417 e. The van der Waals surface area contributed by atoms with Crippen molar-refractivity contribution in [2.45, 2.75) is 25.6 Å². The van der Waals surface area contributed by atoms with E-state index in [9.17, 15) is 26.4 Å². The first-order valence-electron chi connectivity index (χ1n) is 7.59. The number of hydrogen-bond donors (Lipinski definition) is 0. The van der Waals surface area contributed by atoms with Crippen LogP contribution >= 0.6 is 11.6 Å². The summed E-state index contributed by atoms with van der Waals surface area (Å²) in [7, 11) is -3.14. The molecule has 1 aliphatic rings. The van der Waals surface area contributed by atoms with Gasteiger partial charge in [0, 0.05) is 18.7 Å². The lowest BCUT2D eigenvalue weighted by atomic mass is 10.1. The number of halogens is 4. The number of amides is 1. The van der Waals surface area contributed by atoms with Gasteiger partial charge in [-0.05, 0) is 37.1 Å². The van der Waals surface area contributed by atoms with Crippen molar-refractivity contribution < 1.29 is 26.4 Å². The number of benzene rings is 1. The van der Waals surface area contributed by atoms with Gasteiger partial charge in [-0.25, -0.2) is 8.42 Å². The summed E-state index contributed by atoms with van der Waals surface area (Å²) >= 11 is 5.55. The van der Waals surface area contributed by atoms with Gasteiger partial charge < -0.3 is 4.90 Å². The van der Waals surface area contributed by atoms with Crippen LogP contribution in [0.4, 0.5) is 13.2 Å². The Balaban J connectivity index is 2.16. The molecule has 0 bridgehead atoms. The van der Waals surface area contributed by atoms with Crippen LogP contribution in [0.5, 0.6) is 0 Å². The van der Waals surface area contributed by atoms with E-state index >= 15 is 0 Å². The summed E-state index contributed by atoms with van der Waals surface area (Å²) in [5.74, 6) is -0.482. The van der Waals surface area contributed by atoms with Crippen LogP contribution in [0.2, 0.25) is 5.02 Å². The molecule has 0 radical (unpaired) electrons. The fourth-order valence-corrected chi connectivity index (χ4v) is 4.70. The van der Waals surface area contributed by atoms with Gasteiger partial charge in [0.15, 0.2) is 9.84 Å². The van der Waals surface area contributed by atoms with Crippen LogP contribution in [0, 0.1) is 0 Å². The highest BCUT2D eigenvalue weighted by Crippen LogP contribution is 2.35. The average molecular weight is 396 g/mol. The predicted octanol–water partition coefficient (Wildman–Crippen LogP) is 3.41. The van der Waals surface area contributed by atoms with Crippen LogP contribution in [0.1, 0.15) is 24.5 Å². The van der Waals surface area contributed by atoms with E-state index in [4.69, 9.17) is 11.6 Å². The van der Waals surface area contributed by atoms with Crippen LogP contribution in [-0.2, 0) is 20.8 Å². The van der Waals surface area contributed by atoms with E-state index in [1.54, 1.807) is 6.92 Å². The molecule has 4 nitrogen and oxygen atoms in total. The lowest BCUT2D eigenvalue weighted by Gasteiger charge is -2.25. The molecular formula is C16H17ClF3NO3S. The third-order valence-electron chi connectivity index (χ3n) is 3.99. The molecule has 0 spiro atoms. The third-order valence-corrected chi connectivity index (χ3v) is 6.07. The molecule has 0 saturated carbocycles. The van der Waals surface area contributed by atoms with Crippen molar-refractivity contribution in [3.63, 3.8) is 0 Å². The molecule has 25 heavy (non-hydrogen) atoms. The maximum atomic E-state index is 12.8. The van der Waals surface area contributed by atoms with Gasteiger partial charge >= 0.3 is 6.18 Å². The lowest BCUT2D eigenvalue weighted by molar-refractivity contribution is -0.137. The Labute approximate surface area is 149 Å². The van der Waals surface area contributed by atoms with E-state index in [0.29, 0.717) is 13.0 Å². The number of carbonyl (C=O) groups is 1. The van der Waals surface area contributed by atoms with Crippen molar-refractivity contribution in [2.75, 3.05) is 18.1 Å². The van der Waals surface area contributed by atoms with Gasteiger partial charge in [0.25, 0.3) is 0 Å². The van der Waals surface area contributed by atoms with Crippen molar-refractivity contribution in [1.29, 1.82) is 0 Å². The Bertz CT molecular complexity index is 790. The number of nitrogens with zero attached hydrogens (tertiary/aromatic N) is 1. The number of alkyl halides is 3. The second-order valence-corrected chi connectivity index (χ2v) is 8.39. The van der Waals surface area contributed by atoms with Gasteiger partial charge in [-0.3, -0.25) is 4.79 Å². The third kappa shape index (κ3) is 4.98. The van der Waals surface area contributed by atoms with Crippen molar-refractivity contribution in [1.82, 2.24) is 4.90 Å². The highest BCUT2D eigenvalue weighted by atomic mass is 35.5. The summed E-state index contributed by atoms with van der Waals surface area (Å²) in [6.07, 6.45) is -1.80. The van der Waals surface area contributed by atoms with Gasteiger partial charge in [0.1, 0.15) is 0 Å². The van der Waals surface area contributed by atoms with Crippen molar-refractivity contribution in [3.8, 4) is 0 Å². The van der Waals surface area contributed by atoms with Crippen LogP contribution in [-0.4, -0.2) is 43.3 Å². The zero-order valence-electron chi connectivity index (χ0n) is 13.4. The molecule has 1 fully saturated rings. The Morgan fingerprint density at radius 1 is 1.40 bits per heavy atom. The van der Waals surface area contributed by atoms with Crippen LogP contribution in [0.3, 0.4) is 0 Å². The van der Waals surface area contributed by atoms with Gasteiger partial charge in [-0.15, -0.1) is 0 Å². The van der Waals surface area contributed by atoms with Gasteiger partial charge in [0.05, 0.1) is 22.1 Å². The second kappa shape index (κ2) is 7.37. The van der Waals surface area contributed by atoms with Crippen LogP contribution < -0.4 is 0 Å². The fourth-order valence-electron chi connectivity index (χ4n) is 2.74. The molecule has 1 atom stereocenters. The molecule has 1 aromatic rings. The molecule has 1 heterocycles. The highest BCUT2D eigenvalue weighted by molar-refractivity contribution is 7.91. The Morgan fingerprint density at radius 2 is 2.08 bits per heavy atom. The summed E-state index contributed by atoms with van der Waals surface area (Å²) in [6.45, 7) is 2.04. The van der Waals surface area contributed by atoms with E-state index in [-0.39, 0.29) is 17.1 Å². The van der Waals surface area contributed by atoms with Crippen molar-refractivity contribution in [2.24, 2.45) is 0 Å². The molecule has 0 aromatic heterocycles. The average Bonchev–Trinajstić information content (AvgIpc) is 2.86. The summed E-state index contributed by atoms with van der Waals surface area (Å²) in [5, 5.41) is -0.415. The smallest absolute Gasteiger partial charge is 0.335 e. The monoisotopic (exact) mass is 395 g/mol. The minimum Gasteiger partial charge on any atom is -0.335 e. The second-order valence-electron chi connectivity index (χ2n) is 5.75. The number of likely N-dealkylation sites (N-methyl/N-ethyl adjacent to an activating group) is 1. The quantitative estimate of drug-likeness (QED) is 0.734. The van der Waals surface area contributed by atoms with E-state index in [1.807, 2.05) is 0 Å². The molecule has 1 saturated heterocycles. The minimum atomic E-state index is -4.58. The molecule has 1 aliphatic heterocycles. The lowest BCUT2D eigenvalue weighted by Crippen LogP contribution is -2.40. The van der Waals surface area contributed by atoms with Crippen molar-refractivity contribution in [3.05, 3.63) is 40.4 Å². The molecule has 138 valence electrons. The SMILES string of the molecule is CCN(C(=O)/C=C/c1ccc(Cl)c(C(F)(F)F)c1)C1CCS(=O)(=O)C1. The number of carbonyl (C=O) groups excluding carboxylic acids is 1. The molecule has 1 unspecified atom stereocenters. The van der Waals surface area contributed by atoms with E-state index < -0.39 is 38.5 Å². The molecular weight excluding hydrogens is 379 g/mol. The Kier molecular flexibility index (Phi) is 5.83. The maximum absolute atomic E-state index is 12.8. The molecule has 9 heteroatoms. The topological polar surface area (TPSA) is 54.5 Å². The van der Waals surface area contributed by atoms with Gasteiger partial charge in [-0.1, -0.05) is 17.7 Å².